The van der Waals surface area contributed by atoms with E-state index in [0.29, 0.717) is 12.3 Å². The Balaban J connectivity index is 0.00000176. The number of nitrogens with one attached hydrogen (secondary N) is 2. The topological polar surface area (TPSA) is 59.0 Å². The van der Waals surface area contributed by atoms with Crippen LogP contribution in [0.25, 0.3) is 5.69 Å². The van der Waals surface area contributed by atoms with Gasteiger partial charge in [-0.3, -0.25) is 4.79 Å². The predicted octanol–water partition coefficient (Wildman–Crippen LogP) is 2.62. The van der Waals surface area contributed by atoms with Crippen LogP contribution in [-0.2, 0) is 4.79 Å². The smallest absolute Gasteiger partial charge is 0.224 e. The molecule has 2 heterocycles. The highest BCUT2D eigenvalue weighted by Crippen LogP contribution is 2.16. The van der Waals surface area contributed by atoms with E-state index in [0.717, 1.165) is 30.9 Å². The first-order valence-electron chi connectivity index (χ1n) is 7.42. The highest BCUT2D eigenvalue weighted by atomic mass is 35.5. The molecule has 1 aromatic carbocycles. The quantitative estimate of drug-likeness (QED) is 0.890. The minimum absolute atomic E-state index is 0. The Hall–Kier alpha value is -1.85. The van der Waals surface area contributed by atoms with Gasteiger partial charge < -0.3 is 10.6 Å². The molecule has 0 saturated carbocycles. The minimum atomic E-state index is 0. The second kappa shape index (κ2) is 7.96. The van der Waals surface area contributed by atoms with Crippen molar-refractivity contribution >= 4 is 24.0 Å². The molecule has 2 aromatic rings. The molecule has 5 nitrogen and oxygen atoms in total. The zero-order chi connectivity index (χ0) is 14.5. The average Bonchev–Trinajstić information content (AvgIpc) is 3.17. The number of hydrogen-bond acceptors (Lipinski definition) is 3. The number of aromatic nitrogens is 2. The third kappa shape index (κ3) is 4.32. The molecular weight excluding hydrogens is 300 g/mol. The lowest BCUT2D eigenvalue weighted by Crippen LogP contribution is -2.14. The number of anilines is 1. The van der Waals surface area contributed by atoms with E-state index in [1.54, 1.807) is 10.9 Å². The first-order chi connectivity index (χ1) is 10.3. The summed E-state index contributed by atoms with van der Waals surface area (Å²) in [7, 11) is 0. The van der Waals surface area contributed by atoms with Gasteiger partial charge in [-0.1, -0.05) is 18.2 Å². The molecule has 1 fully saturated rings. The van der Waals surface area contributed by atoms with Crippen molar-refractivity contribution in [3.05, 3.63) is 42.7 Å². The van der Waals surface area contributed by atoms with E-state index < -0.39 is 0 Å². The maximum atomic E-state index is 11.9. The van der Waals surface area contributed by atoms with Crippen molar-refractivity contribution in [3.8, 4) is 5.69 Å². The molecule has 22 heavy (non-hydrogen) atoms. The fourth-order valence-corrected chi connectivity index (χ4v) is 2.63. The fourth-order valence-electron chi connectivity index (χ4n) is 2.63. The van der Waals surface area contributed by atoms with Gasteiger partial charge >= 0.3 is 0 Å². The molecule has 1 unspecified atom stereocenters. The largest absolute Gasteiger partial charge is 0.323 e. The number of carbonyl (C=O) groups excluding carboxylic acids is 1. The monoisotopic (exact) mass is 320 g/mol. The number of nitrogens with zero attached hydrogens (tertiary/aromatic N) is 2. The Morgan fingerprint density at radius 1 is 1.36 bits per heavy atom. The van der Waals surface area contributed by atoms with Crippen LogP contribution in [-0.4, -0.2) is 28.8 Å². The predicted molar refractivity (Wildman–Crippen MR) is 89.7 cm³/mol. The number of para-hydroxylation sites is 1. The molecule has 1 amide bonds. The Kier molecular flexibility index (Phi) is 5.98. The molecule has 2 N–H and O–H groups in total. The molecule has 6 heteroatoms. The van der Waals surface area contributed by atoms with E-state index in [4.69, 9.17) is 0 Å². The van der Waals surface area contributed by atoms with Crippen molar-refractivity contribution in [1.82, 2.24) is 15.1 Å². The Morgan fingerprint density at radius 2 is 2.18 bits per heavy atom. The molecular formula is C16H21ClN4O. The molecule has 118 valence electrons. The molecule has 3 rings (SSSR count). The van der Waals surface area contributed by atoms with Crippen LogP contribution in [0.3, 0.4) is 0 Å². The molecule has 1 aromatic heterocycles. The van der Waals surface area contributed by atoms with Crippen molar-refractivity contribution in [1.29, 1.82) is 0 Å². The van der Waals surface area contributed by atoms with Gasteiger partial charge in [0.2, 0.25) is 5.91 Å². The van der Waals surface area contributed by atoms with Gasteiger partial charge in [0.15, 0.2) is 0 Å². The summed E-state index contributed by atoms with van der Waals surface area (Å²) in [6, 6.07) is 9.85. The van der Waals surface area contributed by atoms with Crippen molar-refractivity contribution in [2.45, 2.75) is 19.3 Å². The molecule has 1 atom stereocenters. The maximum absolute atomic E-state index is 11.9. The van der Waals surface area contributed by atoms with Gasteiger partial charge in [0, 0.05) is 6.42 Å². The summed E-state index contributed by atoms with van der Waals surface area (Å²) in [6.45, 7) is 2.12. The second-order valence-corrected chi connectivity index (χ2v) is 5.45. The number of rotatable bonds is 5. The first kappa shape index (κ1) is 16.5. The lowest BCUT2D eigenvalue weighted by atomic mass is 10.0. The summed E-state index contributed by atoms with van der Waals surface area (Å²) in [6.07, 6.45) is 6.22. The minimum Gasteiger partial charge on any atom is -0.323 e. The Morgan fingerprint density at radius 3 is 2.91 bits per heavy atom. The Bertz CT molecular complexity index is 593. The van der Waals surface area contributed by atoms with E-state index in [2.05, 4.69) is 15.7 Å². The summed E-state index contributed by atoms with van der Waals surface area (Å²) in [5, 5.41) is 10.5. The number of halogens is 1. The van der Waals surface area contributed by atoms with Crippen LogP contribution in [0, 0.1) is 5.92 Å². The SMILES string of the molecule is Cl.O=C(CCC1CCNC1)Nc1cnn(-c2ccccc2)c1. The number of benzene rings is 1. The van der Waals surface area contributed by atoms with Gasteiger partial charge in [-0.05, 0) is 44.0 Å². The van der Waals surface area contributed by atoms with E-state index in [1.807, 2.05) is 36.5 Å². The Labute approximate surface area is 136 Å². The van der Waals surface area contributed by atoms with Gasteiger partial charge in [-0.15, -0.1) is 12.4 Å². The normalized spacial score (nSPS) is 17.0. The van der Waals surface area contributed by atoms with Gasteiger partial charge in [-0.25, -0.2) is 4.68 Å². The highest BCUT2D eigenvalue weighted by Gasteiger charge is 2.15. The van der Waals surface area contributed by atoms with Crippen LogP contribution in [0.4, 0.5) is 5.69 Å². The zero-order valence-corrected chi connectivity index (χ0v) is 13.2. The van der Waals surface area contributed by atoms with E-state index >= 15 is 0 Å². The molecule has 1 saturated heterocycles. The molecule has 1 aliphatic rings. The summed E-state index contributed by atoms with van der Waals surface area (Å²) in [5.74, 6) is 0.706. The van der Waals surface area contributed by atoms with Crippen molar-refractivity contribution in [2.24, 2.45) is 5.92 Å². The zero-order valence-electron chi connectivity index (χ0n) is 12.4. The van der Waals surface area contributed by atoms with Crippen molar-refractivity contribution in [3.63, 3.8) is 0 Å². The molecule has 1 aliphatic heterocycles. The summed E-state index contributed by atoms with van der Waals surface area (Å²) < 4.78 is 1.76. The van der Waals surface area contributed by atoms with Gasteiger partial charge in [0.05, 0.1) is 23.8 Å². The lowest BCUT2D eigenvalue weighted by molar-refractivity contribution is -0.116. The van der Waals surface area contributed by atoms with Crippen LogP contribution in [0.2, 0.25) is 0 Å². The van der Waals surface area contributed by atoms with Gasteiger partial charge in [0.25, 0.3) is 0 Å². The van der Waals surface area contributed by atoms with E-state index in [9.17, 15) is 4.79 Å². The van der Waals surface area contributed by atoms with Gasteiger partial charge in [-0.2, -0.15) is 5.10 Å². The summed E-state index contributed by atoms with van der Waals surface area (Å²) in [5.41, 5.74) is 1.73. The van der Waals surface area contributed by atoms with Crippen molar-refractivity contribution < 1.29 is 4.79 Å². The fraction of sp³-hybridized carbons (Fsp3) is 0.375. The van der Waals surface area contributed by atoms with Crippen LogP contribution < -0.4 is 10.6 Å². The number of carbonyl (C=O) groups is 1. The third-order valence-corrected chi connectivity index (χ3v) is 3.83. The highest BCUT2D eigenvalue weighted by molar-refractivity contribution is 5.90. The number of hydrogen-bond donors (Lipinski definition) is 2. The van der Waals surface area contributed by atoms with Crippen LogP contribution in [0.15, 0.2) is 42.7 Å². The average molecular weight is 321 g/mol. The standard InChI is InChI=1S/C16H20N4O.ClH/c21-16(7-6-13-8-9-17-10-13)19-14-11-18-20(12-14)15-4-2-1-3-5-15;/h1-5,11-13,17H,6-10H2,(H,19,21);1H. The van der Waals surface area contributed by atoms with Crippen LogP contribution >= 0.6 is 12.4 Å². The summed E-state index contributed by atoms with van der Waals surface area (Å²) in [4.78, 5) is 11.9. The molecule has 0 aliphatic carbocycles. The third-order valence-electron chi connectivity index (χ3n) is 3.83. The van der Waals surface area contributed by atoms with Crippen LogP contribution in [0.1, 0.15) is 19.3 Å². The van der Waals surface area contributed by atoms with Crippen molar-refractivity contribution in [2.75, 3.05) is 18.4 Å². The molecule has 0 bridgehead atoms. The molecule has 0 spiro atoms. The molecule has 0 radical (unpaired) electrons. The lowest BCUT2D eigenvalue weighted by Gasteiger charge is -2.07. The maximum Gasteiger partial charge on any atom is 0.224 e. The summed E-state index contributed by atoms with van der Waals surface area (Å²) >= 11 is 0. The van der Waals surface area contributed by atoms with Crippen LogP contribution in [0.5, 0.6) is 0 Å². The second-order valence-electron chi connectivity index (χ2n) is 5.45. The van der Waals surface area contributed by atoms with E-state index in [-0.39, 0.29) is 18.3 Å². The van der Waals surface area contributed by atoms with Gasteiger partial charge in [0.1, 0.15) is 0 Å². The van der Waals surface area contributed by atoms with E-state index in [1.165, 1.54) is 6.42 Å². The number of amides is 1. The first-order valence-corrected chi connectivity index (χ1v) is 7.42.